The van der Waals surface area contributed by atoms with Crippen molar-refractivity contribution < 1.29 is 4.74 Å². The van der Waals surface area contributed by atoms with Crippen molar-refractivity contribution in [2.24, 2.45) is 0 Å². The quantitative estimate of drug-likeness (QED) is 0.504. The van der Waals surface area contributed by atoms with Crippen molar-refractivity contribution in [2.45, 2.75) is 51.9 Å². The number of anilines is 1. The molecule has 0 heterocycles. The van der Waals surface area contributed by atoms with Crippen molar-refractivity contribution in [3.05, 3.63) is 22.7 Å². The Morgan fingerprint density at radius 2 is 1.72 bits per heavy atom. The molecule has 0 saturated heterocycles. The van der Waals surface area contributed by atoms with Crippen molar-refractivity contribution in [2.75, 3.05) is 12.3 Å². The van der Waals surface area contributed by atoms with Gasteiger partial charge in [-0.3, -0.25) is 0 Å². The van der Waals surface area contributed by atoms with Crippen LogP contribution in [0.5, 0.6) is 5.75 Å². The van der Waals surface area contributed by atoms with Crippen LogP contribution in [0.15, 0.2) is 22.7 Å². The molecular weight excluding hydrogens is 290 g/mol. The molecule has 0 aliphatic rings. The van der Waals surface area contributed by atoms with Gasteiger partial charge in [0.1, 0.15) is 0 Å². The summed E-state index contributed by atoms with van der Waals surface area (Å²) in [6, 6.07) is 5.74. The maximum atomic E-state index is 5.86. The third kappa shape index (κ3) is 5.76. The van der Waals surface area contributed by atoms with E-state index in [0.717, 1.165) is 23.2 Å². The Bertz CT molecular complexity index is 321. The summed E-state index contributed by atoms with van der Waals surface area (Å²) in [4.78, 5) is 0. The fourth-order valence-corrected chi connectivity index (χ4v) is 2.41. The lowest BCUT2D eigenvalue weighted by Gasteiger charge is -2.10. The monoisotopic (exact) mass is 313 g/mol. The van der Waals surface area contributed by atoms with E-state index < -0.39 is 0 Å². The average Bonchev–Trinajstić information content (AvgIpc) is 2.35. The molecular formula is C15H24BrNO. The fraction of sp³-hybridized carbons (Fsp3) is 0.600. The molecule has 1 aromatic carbocycles. The predicted molar refractivity (Wildman–Crippen MR) is 82.0 cm³/mol. The molecule has 1 aromatic rings. The van der Waals surface area contributed by atoms with Crippen LogP contribution in [0.1, 0.15) is 51.9 Å². The van der Waals surface area contributed by atoms with Crippen LogP contribution in [-0.4, -0.2) is 6.61 Å². The molecule has 0 radical (unpaired) electrons. The summed E-state index contributed by atoms with van der Waals surface area (Å²) in [7, 11) is 0. The summed E-state index contributed by atoms with van der Waals surface area (Å²) in [5.74, 6) is 0.781. The Kier molecular flexibility index (Phi) is 7.90. The van der Waals surface area contributed by atoms with Crippen LogP contribution in [0.25, 0.3) is 0 Å². The average molecular weight is 314 g/mol. The Balaban J connectivity index is 2.11. The second-order valence-electron chi connectivity index (χ2n) is 4.63. The van der Waals surface area contributed by atoms with Crippen molar-refractivity contribution >= 4 is 21.6 Å². The van der Waals surface area contributed by atoms with Gasteiger partial charge in [0.05, 0.1) is 16.8 Å². The van der Waals surface area contributed by atoms with Gasteiger partial charge < -0.3 is 10.5 Å². The van der Waals surface area contributed by atoms with E-state index >= 15 is 0 Å². The molecule has 0 atom stereocenters. The van der Waals surface area contributed by atoms with Gasteiger partial charge in [-0.05, 0) is 34.5 Å². The van der Waals surface area contributed by atoms with E-state index in [2.05, 4.69) is 22.9 Å². The minimum atomic E-state index is 0.701. The molecule has 0 saturated carbocycles. The second kappa shape index (κ2) is 9.26. The molecule has 2 nitrogen and oxygen atoms in total. The van der Waals surface area contributed by atoms with Crippen molar-refractivity contribution in [3.63, 3.8) is 0 Å². The predicted octanol–water partition coefficient (Wildman–Crippen LogP) is 5.16. The standard InChI is InChI=1S/C15H24BrNO/c1-2-3-4-5-6-7-8-12-18-15-13(16)10-9-11-14(15)17/h9-11H,2-8,12,17H2,1H3. The summed E-state index contributed by atoms with van der Waals surface area (Å²) in [5, 5.41) is 0. The summed E-state index contributed by atoms with van der Waals surface area (Å²) >= 11 is 3.45. The number of halogens is 1. The van der Waals surface area contributed by atoms with Gasteiger partial charge in [-0.1, -0.05) is 51.5 Å². The van der Waals surface area contributed by atoms with Crippen LogP contribution in [0.4, 0.5) is 5.69 Å². The Morgan fingerprint density at radius 3 is 2.39 bits per heavy atom. The van der Waals surface area contributed by atoms with Crippen LogP contribution in [0.3, 0.4) is 0 Å². The molecule has 0 unspecified atom stereocenters. The molecule has 0 fully saturated rings. The van der Waals surface area contributed by atoms with Crippen molar-refractivity contribution in [3.8, 4) is 5.75 Å². The van der Waals surface area contributed by atoms with Crippen molar-refractivity contribution in [1.29, 1.82) is 0 Å². The Morgan fingerprint density at radius 1 is 1.06 bits per heavy atom. The molecule has 0 amide bonds. The van der Waals surface area contributed by atoms with E-state index in [1.54, 1.807) is 0 Å². The SMILES string of the molecule is CCCCCCCCCOc1c(N)cccc1Br. The maximum Gasteiger partial charge on any atom is 0.156 e. The smallest absolute Gasteiger partial charge is 0.156 e. The molecule has 0 aliphatic carbocycles. The summed E-state index contributed by atoms with van der Waals surface area (Å²) in [6.07, 6.45) is 9.06. The zero-order valence-electron chi connectivity index (χ0n) is 11.3. The topological polar surface area (TPSA) is 35.2 Å². The highest BCUT2D eigenvalue weighted by molar-refractivity contribution is 9.10. The van der Waals surface area contributed by atoms with Gasteiger partial charge >= 0.3 is 0 Å². The van der Waals surface area contributed by atoms with Gasteiger partial charge in [0.15, 0.2) is 5.75 Å². The van der Waals surface area contributed by atoms with Gasteiger partial charge in [0, 0.05) is 0 Å². The van der Waals surface area contributed by atoms with Crippen LogP contribution < -0.4 is 10.5 Å². The number of unbranched alkanes of at least 4 members (excludes halogenated alkanes) is 6. The zero-order chi connectivity index (χ0) is 13.2. The third-order valence-corrected chi connectivity index (χ3v) is 3.62. The van der Waals surface area contributed by atoms with E-state index in [1.165, 1.54) is 38.5 Å². The van der Waals surface area contributed by atoms with Gasteiger partial charge in [0.25, 0.3) is 0 Å². The molecule has 0 aromatic heterocycles. The first-order chi connectivity index (χ1) is 8.75. The number of hydrogen-bond acceptors (Lipinski definition) is 2. The van der Waals surface area contributed by atoms with Crippen LogP contribution in [-0.2, 0) is 0 Å². The lowest BCUT2D eigenvalue weighted by Crippen LogP contribution is -2.01. The third-order valence-electron chi connectivity index (χ3n) is 2.99. The largest absolute Gasteiger partial charge is 0.490 e. The molecule has 0 aliphatic heterocycles. The van der Waals surface area contributed by atoms with Crippen LogP contribution in [0.2, 0.25) is 0 Å². The van der Waals surface area contributed by atoms with Gasteiger partial charge in [-0.2, -0.15) is 0 Å². The lowest BCUT2D eigenvalue weighted by molar-refractivity contribution is 0.304. The number of hydrogen-bond donors (Lipinski definition) is 1. The maximum absolute atomic E-state index is 5.86. The second-order valence-corrected chi connectivity index (χ2v) is 5.48. The summed E-state index contributed by atoms with van der Waals surface area (Å²) < 4.78 is 6.66. The van der Waals surface area contributed by atoms with Crippen LogP contribution >= 0.6 is 15.9 Å². The molecule has 102 valence electrons. The lowest BCUT2D eigenvalue weighted by atomic mass is 10.1. The van der Waals surface area contributed by atoms with Gasteiger partial charge in [-0.15, -0.1) is 0 Å². The number of benzene rings is 1. The first-order valence-corrected chi connectivity index (χ1v) is 7.71. The van der Waals surface area contributed by atoms with Gasteiger partial charge in [0.2, 0.25) is 0 Å². The number of para-hydroxylation sites is 1. The van der Waals surface area contributed by atoms with Gasteiger partial charge in [-0.25, -0.2) is 0 Å². The highest BCUT2D eigenvalue weighted by Crippen LogP contribution is 2.30. The highest BCUT2D eigenvalue weighted by atomic mass is 79.9. The van der Waals surface area contributed by atoms with E-state index in [9.17, 15) is 0 Å². The fourth-order valence-electron chi connectivity index (χ4n) is 1.91. The van der Waals surface area contributed by atoms with Crippen LogP contribution in [0, 0.1) is 0 Å². The minimum absolute atomic E-state index is 0.701. The first-order valence-electron chi connectivity index (χ1n) is 6.92. The summed E-state index contributed by atoms with van der Waals surface area (Å²) in [5.41, 5.74) is 6.56. The Labute approximate surface area is 119 Å². The highest BCUT2D eigenvalue weighted by Gasteiger charge is 2.04. The molecule has 0 spiro atoms. The van der Waals surface area contributed by atoms with Crippen molar-refractivity contribution in [1.82, 2.24) is 0 Å². The Hall–Kier alpha value is -0.700. The molecule has 0 bridgehead atoms. The normalized spacial score (nSPS) is 10.6. The van der Waals surface area contributed by atoms with E-state index in [4.69, 9.17) is 10.5 Å². The molecule has 2 N–H and O–H groups in total. The zero-order valence-corrected chi connectivity index (χ0v) is 12.8. The van der Waals surface area contributed by atoms with E-state index in [1.807, 2.05) is 18.2 Å². The number of rotatable bonds is 9. The minimum Gasteiger partial charge on any atom is -0.490 e. The van der Waals surface area contributed by atoms with E-state index in [0.29, 0.717) is 5.69 Å². The number of nitrogen functional groups attached to an aromatic ring is 1. The summed E-state index contributed by atoms with van der Waals surface area (Å²) in [6.45, 7) is 3.00. The molecule has 1 rings (SSSR count). The molecule has 18 heavy (non-hydrogen) atoms. The molecule has 3 heteroatoms. The number of ether oxygens (including phenoxy) is 1. The first kappa shape index (κ1) is 15.4. The number of nitrogens with two attached hydrogens (primary N) is 1. The van der Waals surface area contributed by atoms with E-state index in [-0.39, 0.29) is 0 Å².